The van der Waals surface area contributed by atoms with E-state index in [1.165, 1.54) is 19.1 Å². The van der Waals surface area contributed by atoms with E-state index in [9.17, 15) is 23.2 Å². The second kappa shape index (κ2) is 9.09. The van der Waals surface area contributed by atoms with Gasteiger partial charge in [0.25, 0.3) is 11.8 Å². The number of rotatable bonds is 6. The lowest BCUT2D eigenvalue weighted by atomic mass is 10.2. The first-order valence-corrected chi connectivity index (χ1v) is 8.12. The Morgan fingerprint density at radius 3 is 2.52 bits per heavy atom. The molecule has 0 heterocycles. The smallest absolute Gasteiger partial charge is 0.328 e. The van der Waals surface area contributed by atoms with Gasteiger partial charge in [-0.05, 0) is 31.2 Å². The number of carbonyl (C=O) groups is 3. The number of esters is 1. The highest BCUT2D eigenvalue weighted by molar-refractivity contribution is 6.33. The van der Waals surface area contributed by atoms with Crippen molar-refractivity contribution in [1.82, 2.24) is 5.32 Å². The van der Waals surface area contributed by atoms with Crippen molar-refractivity contribution in [1.29, 1.82) is 0 Å². The third-order valence-electron chi connectivity index (χ3n) is 3.37. The topological polar surface area (TPSA) is 84.5 Å². The third-order valence-corrected chi connectivity index (χ3v) is 3.70. The highest BCUT2D eigenvalue weighted by atomic mass is 35.5. The molecule has 0 bridgehead atoms. The number of carbonyl (C=O) groups excluding carboxylic acids is 3. The van der Waals surface area contributed by atoms with E-state index in [1.54, 1.807) is 12.1 Å². The largest absolute Gasteiger partial charge is 0.454 e. The lowest BCUT2D eigenvalue weighted by Crippen LogP contribution is -2.40. The lowest BCUT2D eigenvalue weighted by Gasteiger charge is -2.14. The second-order valence-electron chi connectivity index (χ2n) is 5.46. The molecule has 0 aromatic heterocycles. The van der Waals surface area contributed by atoms with Crippen molar-refractivity contribution < 1.29 is 27.9 Å². The Balaban J connectivity index is 1.84. The minimum Gasteiger partial charge on any atom is -0.454 e. The number of anilines is 1. The molecule has 2 N–H and O–H groups in total. The number of ether oxygens (including phenoxy) is 1. The van der Waals surface area contributed by atoms with Gasteiger partial charge in [0.05, 0.1) is 16.3 Å². The van der Waals surface area contributed by atoms with Crippen molar-refractivity contribution in [2.75, 3.05) is 11.9 Å². The highest BCUT2D eigenvalue weighted by Gasteiger charge is 2.20. The van der Waals surface area contributed by atoms with E-state index in [4.69, 9.17) is 16.3 Å². The van der Waals surface area contributed by atoms with E-state index >= 15 is 0 Å². The number of halogens is 3. The molecule has 0 spiro atoms. The minimum atomic E-state index is -1.05. The van der Waals surface area contributed by atoms with E-state index in [-0.39, 0.29) is 16.3 Å². The summed E-state index contributed by atoms with van der Waals surface area (Å²) in [6, 6.07) is 7.84. The van der Waals surface area contributed by atoms with Gasteiger partial charge in [-0.2, -0.15) is 0 Å². The number of amides is 2. The van der Waals surface area contributed by atoms with Crippen LogP contribution in [0.15, 0.2) is 42.5 Å². The second-order valence-corrected chi connectivity index (χ2v) is 5.86. The molecule has 9 heteroatoms. The van der Waals surface area contributed by atoms with Gasteiger partial charge in [0, 0.05) is 6.07 Å². The molecule has 0 aliphatic rings. The predicted octanol–water partition coefficient (Wildman–Crippen LogP) is 2.92. The van der Waals surface area contributed by atoms with Gasteiger partial charge in [-0.3, -0.25) is 9.59 Å². The highest BCUT2D eigenvalue weighted by Crippen LogP contribution is 2.15. The summed E-state index contributed by atoms with van der Waals surface area (Å²) >= 11 is 5.90. The number of hydrogen-bond donors (Lipinski definition) is 2. The summed E-state index contributed by atoms with van der Waals surface area (Å²) < 4.78 is 31.0. The molecule has 142 valence electrons. The molecule has 0 saturated carbocycles. The first kappa shape index (κ1) is 20.3. The van der Waals surface area contributed by atoms with Crippen LogP contribution in [0.25, 0.3) is 0 Å². The molecular formula is C18H15ClF2N2O4. The van der Waals surface area contributed by atoms with Gasteiger partial charge < -0.3 is 15.4 Å². The maximum atomic E-state index is 13.5. The zero-order valence-corrected chi connectivity index (χ0v) is 14.8. The molecule has 0 radical (unpaired) electrons. The Hall–Kier alpha value is -3.00. The maximum Gasteiger partial charge on any atom is 0.328 e. The van der Waals surface area contributed by atoms with Crippen molar-refractivity contribution in [3.8, 4) is 0 Å². The first-order chi connectivity index (χ1) is 12.8. The summed E-state index contributed by atoms with van der Waals surface area (Å²) in [5.41, 5.74) is -0.0686. The number of benzene rings is 2. The SMILES string of the molecule is C[C@H](NC(=O)c1ccccc1Cl)C(=O)OCC(=O)Nc1ccc(F)cc1F. The van der Waals surface area contributed by atoms with Crippen LogP contribution in [0.4, 0.5) is 14.5 Å². The normalized spacial score (nSPS) is 11.4. The fourth-order valence-electron chi connectivity index (χ4n) is 2.02. The first-order valence-electron chi connectivity index (χ1n) is 7.75. The van der Waals surface area contributed by atoms with Gasteiger partial charge >= 0.3 is 5.97 Å². The molecule has 0 saturated heterocycles. The Labute approximate surface area is 158 Å². The Bertz CT molecular complexity index is 876. The molecule has 0 aliphatic heterocycles. The fourth-order valence-corrected chi connectivity index (χ4v) is 2.24. The van der Waals surface area contributed by atoms with Crippen molar-refractivity contribution >= 4 is 35.1 Å². The van der Waals surface area contributed by atoms with Crippen LogP contribution in [-0.4, -0.2) is 30.4 Å². The van der Waals surface area contributed by atoms with Gasteiger partial charge in [0.2, 0.25) is 0 Å². The average molecular weight is 397 g/mol. The zero-order chi connectivity index (χ0) is 20.0. The van der Waals surface area contributed by atoms with Crippen molar-refractivity contribution in [3.63, 3.8) is 0 Å². The van der Waals surface area contributed by atoms with Crippen molar-refractivity contribution in [2.24, 2.45) is 0 Å². The van der Waals surface area contributed by atoms with Crippen LogP contribution in [0, 0.1) is 11.6 Å². The summed E-state index contributed by atoms with van der Waals surface area (Å²) in [6.07, 6.45) is 0. The minimum absolute atomic E-state index is 0.184. The summed E-state index contributed by atoms with van der Waals surface area (Å²) in [5, 5.41) is 4.76. The average Bonchev–Trinajstić information content (AvgIpc) is 2.62. The number of nitrogens with one attached hydrogen (secondary N) is 2. The van der Waals surface area contributed by atoms with E-state index in [0.717, 1.165) is 12.1 Å². The summed E-state index contributed by atoms with van der Waals surface area (Å²) in [4.78, 5) is 35.7. The molecule has 2 amide bonds. The van der Waals surface area contributed by atoms with Gasteiger partial charge in [-0.25, -0.2) is 13.6 Å². The fraction of sp³-hybridized carbons (Fsp3) is 0.167. The Kier molecular flexibility index (Phi) is 6.84. The monoisotopic (exact) mass is 396 g/mol. The third kappa shape index (κ3) is 5.75. The molecular weight excluding hydrogens is 382 g/mol. The molecule has 0 fully saturated rings. The summed E-state index contributed by atoms with van der Waals surface area (Å²) in [6.45, 7) is 0.663. The molecule has 6 nitrogen and oxygen atoms in total. The van der Waals surface area contributed by atoms with Gasteiger partial charge in [-0.15, -0.1) is 0 Å². The van der Waals surface area contributed by atoms with Crippen LogP contribution in [0.3, 0.4) is 0 Å². The van der Waals surface area contributed by atoms with Crippen LogP contribution >= 0.6 is 11.6 Å². The van der Waals surface area contributed by atoms with E-state index < -0.39 is 42.1 Å². The quantitative estimate of drug-likeness (QED) is 0.735. The molecule has 2 aromatic rings. The number of hydrogen-bond acceptors (Lipinski definition) is 4. The van der Waals surface area contributed by atoms with Crippen LogP contribution in [0.1, 0.15) is 17.3 Å². The van der Waals surface area contributed by atoms with Crippen molar-refractivity contribution in [3.05, 3.63) is 64.7 Å². The van der Waals surface area contributed by atoms with Crippen LogP contribution in [0.5, 0.6) is 0 Å². The van der Waals surface area contributed by atoms with E-state index in [0.29, 0.717) is 6.07 Å². The van der Waals surface area contributed by atoms with Gasteiger partial charge in [0.15, 0.2) is 6.61 Å². The molecule has 1 atom stereocenters. The standard InChI is InChI=1S/C18H15ClF2N2O4/c1-10(22-17(25)12-4-2-3-5-13(12)19)18(26)27-9-16(24)23-15-7-6-11(20)8-14(15)21/h2-8,10H,9H2,1H3,(H,22,25)(H,23,24)/t10-/m0/s1. The Morgan fingerprint density at radius 2 is 1.85 bits per heavy atom. The summed E-state index contributed by atoms with van der Waals surface area (Å²) in [7, 11) is 0. The Morgan fingerprint density at radius 1 is 1.15 bits per heavy atom. The summed E-state index contributed by atoms with van der Waals surface area (Å²) in [5.74, 6) is -4.03. The molecule has 2 rings (SSSR count). The molecule has 0 unspecified atom stereocenters. The van der Waals surface area contributed by atoms with Gasteiger partial charge in [0.1, 0.15) is 17.7 Å². The lowest BCUT2D eigenvalue weighted by molar-refractivity contribution is -0.148. The zero-order valence-electron chi connectivity index (χ0n) is 14.1. The molecule has 2 aromatic carbocycles. The van der Waals surface area contributed by atoms with Gasteiger partial charge in [-0.1, -0.05) is 23.7 Å². The molecule has 0 aliphatic carbocycles. The molecule has 27 heavy (non-hydrogen) atoms. The van der Waals surface area contributed by atoms with E-state index in [1.807, 2.05) is 0 Å². The van der Waals surface area contributed by atoms with E-state index in [2.05, 4.69) is 10.6 Å². The van der Waals surface area contributed by atoms with Crippen LogP contribution in [0.2, 0.25) is 5.02 Å². The predicted molar refractivity (Wildman–Crippen MR) is 94.3 cm³/mol. The van der Waals surface area contributed by atoms with Crippen LogP contribution in [-0.2, 0) is 14.3 Å². The van der Waals surface area contributed by atoms with Crippen LogP contribution < -0.4 is 10.6 Å². The maximum absolute atomic E-state index is 13.5. The van der Waals surface area contributed by atoms with Crippen molar-refractivity contribution in [2.45, 2.75) is 13.0 Å².